The molecule has 0 unspecified atom stereocenters. The zero-order valence-corrected chi connectivity index (χ0v) is 16.2. The highest BCUT2D eigenvalue weighted by Gasteiger charge is 2.36. The van der Waals surface area contributed by atoms with Gasteiger partial charge in [0.05, 0.1) is 18.6 Å². The minimum absolute atomic E-state index is 0.00156. The quantitative estimate of drug-likeness (QED) is 0.749. The molecular formula is C19H14ClNO6S. The van der Waals surface area contributed by atoms with Gasteiger partial charge < -0.3 is 19.3 Å². The summed E-state index contributed by atoms with van der Waals surface area (Å²) >= 11 is 7.05. The van der Waals surface area contributed by atoms with Crippen LogP contribution in [0.15, 0.2) is 35.2 Å². The number of hydrogen-bond donors (Lipinski definition) is 1. The van der Waals surface area contributed by atoms with Crippen molar-refractivity contribution in [3.05, 3.63) is 51.4 Å². The molecule has 1 fully saturated rings. The van der Waals surface area contributed by atoms with Crippen LogP contribution in [0.25, 0.3) is 6.08 Å². The second kappa shape index (κ2) is 7.29. The van der Waals surface area contributed by atoms with E-state index in [-0.39, 0.29) is 29.7 Å². The van der Waals surface area contributed by atoms with Gasteiger partial charge in [-0.3, -0.25) is 14.5 Å². The van der Waals surface area contributed by atoms with E-state index >= 15 is 0 Å². The maximum Gasteiger partial charge on any atom is 0.293 e. The van der Waals surface area contributed by atoms with Crippen LogP contribution in [0, 0.1) is 0 Å². The zero-order valence-electron chi connectivity index (χ0n) is 14.6. The summed E-state index contributed by atoms with van der Waals surface area (Å²) in [7, 11) is 1.43. The molecule has 1 N–H and O–H groups in total. The number of benzene rings is 2. The number of fused-ring (bicyclic) bond motifs is 1. The monoisotopic (exact) mass is 419 g/mol. The molecule has 0 aliphatic carbocycles. The molecule has 2 heterocycles. The standard InChI is InChI=1S/C19H14ClNO6S/c1-25-13-4-2-3-10(17(13)22)6-16-18(23)21(19(24)28-16)8-11-5-14-15(7-12(11)20)27-9-26-14/h2-7,22H,8-9H2,1H3/b16-6-. The topological polar surface area (TPSA) is 85.3 Å². The van der Waals surface area contributed by atoms with Crippen LogP contribution in [0.2, 0.25) is 5.02 Å². The average molecular weight is 420 g/mol. The van der Waals surface area contributed by atoms with E-state index in [1.807, 2.05) is 0 Å². The molecule has 4 rings (SSSR count). The highest BCUT2D eigenvalue weighted by Crippen LogP contribution is 2.40. The second-order valence-electron chi connectivity index (χ2n) is 5.96. The number of aromatic hydroxyl groups is 1. The molecule has 9 heteroatoms. The minimum atomic E-state index is -0.467. The minimum Gasteiger partial charge on any atom is -0.504 e. The first kappa shape index (κ1) is 18.5. The number of nitrogens with zero attached hydrogens (tertiary/aromatic N) is 1. The highest BCUT2D eigenvalue weighted by atomic mass is 35.5. The molecule has 144 valence electrons. The summed E-state index contributed by atoms with van der Waals surface area (Å²) in [6, 6.07) is 8.16. The van der Waals surface area contributed by atoms with Crippen molar-refractivity contribution in [2.24, 2.45) is 0 Å². The smallest absolute Gasteiger partial charge is 0.293 e. The Morgan fingerprint density at radius 2 is 2.04 bits per heavy atom. The van der Waals surface area contributed by atoms with Gasteiger partial charge in [0.1, 0.15) is 0 Å². The predicted octanol–water partition coefficient (Wildman–Crippen LogP) is 4.02. The molecule has 1 saturated heterocycles. The Balaban J connectivity index is 1.60. The first-order chi connectivity index (χ1) is 13.5. The fourth-order valence-electron chi connectivity index (χ4n) is 2.85. The highest BCUT2D eigenvalue weighted by molar-refractivity contribution is 8.18. The van der Waals surface area contributed by atoms with Crippen molar-refractivity contribution in [1.82, 2.24) is 4.90 Å². The van der Waals surface area contributed by atoms with Crippen LogP contribution in [-0.2, 0) is 11.3 Å². The number of phenolic OH excluding ortho intramolecular Hbond substituents is 1. The largest absolute Gasteiger partial charge is 0.504 e. The summed E-state index contributed by atoms with van der Waals surface area (Å²) in [5.41, 5.74) is 0.949. The Hall–Kier alpha value is -2.84. The van der Waals surface area contributed by atoms with Gasteiger partial charge in [0.25, 0.3) is 11.1 Å². The van der Waals surface area contributed by atoms with Gasteiger partial charge in [-0.15, -0.1) is 0 Å². The summed E-state index contributed by atoms with van der Waals surface area (Å²) in [6.45, 7) is 0.102. The average Bonchev–Trinajstić information content (AvgIpc) is 3.22. The van der Waals surface area contributed by atoms with Crippen molar-refractivity contribution in [3.63, 3.8) is 0 Å². The summed E-state index contributed by atoms with van der Waals surface area (Å²) in [6.07, 6.45) is 1.46. The number of rotatable bonds is 4. The molecule has 0 radical (unpaired) electrons. The van der Waals surface area contributed by atoms with E-state index in [0.29, 0.717) is 27.6 Å². The van der Waals surface area contributed by atoms with Gasteiger partial charge in [-0.2, -0.15) is 0 Å². The number of amides is 2. The lowest BCUT2D eigenvalue weighted by Gasteiger charge is -2.14. The van der Waals surface area contributed by atoms with Crippen LogP contribution in [0.1, 0.15) is 11.1 Å². The van der Waals surface area contributed by atoms with Crippen molar-refractivity contribution in [3.8, 4) is 23.0 Å². The lowest BCUT2D eigenvalue weighted by atomic mass is 10.1. The Morgan fingerprint density at radius 1 is 1.29 bits per heavy atom. The van der Waals surface area contributed by atoms with Crippen LogP contribution < -0.4 is 14.2 Å². The number of thioether (sulfide) groups is 1. The number of ether oxygens (including phenoxy) is 3. The Kier molecular flexibility index (Phi) is 4.82. The van der Waals surface area contributed by atoms with E-state index in [0.717, 1.165) is 16.7 Å². The lowest BCUT2D eigenvalue weighted by Crippen LogP contribution is -2.27. The number of methoxy groups -OCH3 is 1. The molecule has 2 aliphatic rings. The zero-order chi connectivity index (χ0) is 19.8. The molecule has 0 bridgehead atoms. The lowest BCUT2D eigenvalue weighted by molar-refractivity contribution is -0.123. The predicted molar refractivity (Wildman–Crippen MR) is 104 cm³/mol. The van der Waals surface area contributed by atoms with E-state index in [9.17, 15) is 14.7 Å². The molecule has 0 spiro atoms. The fourth-order valence-corrected chi connectivity index (χ4v) is 3.89. The molecule has 28 heavy (non-hydrogen) atoms. The summed E-state index contributed by atoms with van der Waals surface area (Å²) in [5, 5.41) is 10.1. The van der Waals surface area contributed by atoms with Gasteiger partial charge in [0.2, 0.25) is 6.79 Å². The molecule has 0 aromatic heterocycles. The van der Waals surface area contributed by atoms with Gasteiger partial charge in [-0.1, -0.05) is 23.7 Å². The summed E-state index contributed by atoms with van der Waals surface area (Å²) < 4.78 is 15.6. The second-order valence-corrected chi connectivity index (χ2v) is 7.36. The van der Waals surface area contributed by atoms with Crippen LogP contribution >= 0.6 is 23.4 Å². The van der Waals surface area contributed by atoms with E-state index in [2.05, 4.69) is 0 Å². The molecule has 7 nitrogen and oxygen atoms in total. The van der Waals surface area contributed by atoms with Gasteiger partial charge in [-0.05, 0) is 35.5 Å². The molecule has 2 aromatic rings. The van der Waals surface area contributed by atoms with E-state index in [1.165, 1.54) is 13.2 Å². The Bertz CT molecular complexity index is 1020. The van der Waals surface area contributed by atoms with Gasteiger partial charge in [0.15, 0.2) is 23.0 Å². The molecule has 2 aliphatic heterocycles. The number of hydrogen-bond acceptors (Lipinski definition) is 7. The van der Waals surface area contributed by atoms with Crippen LogP contribution in [0.4, 0.5) is 4.79 Å². The molecule has 0 saturated carbocycles. The molecule has 2 amide bonds. The first-order valence-electron chi connectivity index (χ1n) is 8.17. The third kappa shape index (κ3) is 3.25. The van der Waals surface area contributed by atoms with E-state index < -0.39 is 11.1 Å². The van der Waals surface area contributed by atoms with Crippen molar-refractivity contribution in [1.29, 1.82) is 0 Å². The summed E-state index contributed by atoms with van der Waals surface area (Å²) in [5.74, 6) is 0.751. The molecule has 0 atom stereocenters. The van der Waals surface area contributed by atoms with Gasteiger partial charge >= 0.3 is 0 Å². The maximum absolute atomic E-state index is 12.7. The Morgan fingerprint density at radius 3 is 2.79 bits per heavy atom. The normalized spacial score (nSPS) is 16.9. The van der Waals surface area contributed by atoms with Crippen LogP contribution in [-0.4, -0.2) is 35.1 Å². The SMILES string of the molecule is COc1cccc(/C=C2\SC(=O)N(Cc3cc4c(cc3Cl)OCO4)C2=O)c1O. The number of halogens is 1. The van der Waals surface area contributed by atoms with E-state index in [4.69, 9.17) is 25.8 Å². The number of para-hydroxylation sites is 1. The molecular weight excluding hydrogens is 406 g/mol. The van der Waals surface area contributed by atoms with Crippen molar-refractivity contribution >= 4 is 40.6 Å². The first-order valence-corrected chi connectivity index (χ1v) is 9.36. The van der Waals surface area contributed by atoms with Crippen molar-refractivity contribution in [2.45, 2.75) is 6.54 Å². The maximum atomic E-state index is 12.7. The van der Waals surface area contributed by atoms with Crippen molar-refractivity contribution in [2.75, 3.05) is 13.9 Å². The van der Waals surface area contributed by atoms with Crippen molar-refractivity contribution < 1.29 is 28.9 Å². The van der Waals surface area contributed by atoms with Gasteiger partial charge in [0, 0.05) is 16.7 Å². The van der Waals surface area contributed by atoms with Crippen LogP contribution in [0.5, 0.6) is 23.0 Å². The Labute approximate surface area is 169 Å². The van der Waals surface area contributed by atoms with Gasteiger partial charge in [-0.25, -0.2) is 0 Å². The summed E-state index contributed by atoms with van der Waals surface area (Å²) in [4.78, 5) is 26.4. The van der Waals surface area contributed by atoms with E-state index in [1.54, 1.807) is 30.3 Å². The third-order valence-corrected chi connectivity index (χ3v) is 5.54. The fraction of sp³-hybridized carbons (Fsp3) is 0.158. The van der Waals surface area contributed by atoms with Crippen LogP contribution in [0.3, 0.4) is 0 Å². The number of imide groups is 1. The third-order valence-electron chi connectivity index (χ3n) is 4.28. The number of carbonyl (C=O) groups excluding carboxylic acids is 2. The number of carbonyl (C=O) groups is 2. The molecule has 2 aromatic carbocycles. The number of phenols is 1.